The third-order valence-electron chi connectivity index (χ3n) is 3.44. The first-order chi connectivity index (χ1) is 9.10. The first-order valence-corrected chi connectivity index (χ1v) is 7.49. The van der Waals surface area contributed by atoms with Crippen LogP contribution in [0, 0.1) is 6.92 Å². The van der Waals surface area contributed by atoms with Crippen molar-refractivity contribution >= 4 is 15.9 Å². The topological polar surface area (TPSA) is 26.0 Å². The maximum atomic E-state index is 6.34. The van der Waals surface area contributed by atoms with Gasteiger partial charge in [0, 0.05) is 10.5 Å². The normalized spacial score (nSPS) is 12.4. The van der Waals surface area contributed by atoms with Crippen LogP contribution in [0.2, 0.25) is 0 Å². The van der Waals surface area contributed by atoms with Crippen LogP contribution in [0.25, 0.3) is 0 Å². The van der Waals surface area contributed by atoms with Gasteiger partial charge < -0.3 is 5.73 Å². The molecule has 2 aromatic rings. The molecule has 1 unspecified atom stereocenters. The highest BCUT2D eigenvalue weighted by Gasteiger charge is 2.11. The molecule has 2 N–H and O–H groups in total. The molecule has 0 saturated heterocycles. The molecule has 0 saturated carbocycles. The van der Waals surface area contributed by atoms with E-state index in [1.54, 1.807) is 0 Å². The molecule has 0 amide bonds. The van der Waals surface area contributed by atoms with Gasteiger partial charge in [-0.1, -0.05) is 64.8 Å². The Kier molecular flexibility index (Phi) is 4.78. The minimum absolute atomic E-state index is 0.0294. The average molecular weight is 318 g/mol. The van der Waals surface area contributed by atoms with Crippen LogP contribution in [0.3, 0.4) is 0 Å². The lowest BCUT2D eigenvalue weighted by Crippen LogP contribution is -2.14. The summed E-state index contributed by atoms with van der Waals surface area (Å²) in [7, 11) is 0. The third kappa shape index (κ3) is 3.68. The molecule has 100 valence electrons. The van der Waals surface area contributed by atoms with Crippen LogP contribution in [0.5, 0.6) is 0 Å². The fourth-order valence-electron chi connectivity index (χ4n) is 2.22. The van der Waals surface area contributed by atoms with Gasteiger partial charge in [-0.25, -0.2) is 0 Å². The second-order valence-electron chi connectivity index (χ2n) is 5.01. The molecule has 0 spiro atoms. The molecule has 1 atom stereocenters. The van der Waals surface area contributed by atoms with E-state index >= 15 is 0 Å². The highest BCUT2D eigenvalue weighted by molar-refractivity contribution is 9.10. The van der Waals surface area contributed by atoms with Crippen molar-refractivity contribution in [3.05, 3.63) is 69.2 Å². The van der Waals surface area contributed by atoms with E-state index in [1.165, 1.54) is 22.3 Å². The number of nitrogens with two attached hydrogens (primary N) is 1. The Morgan fingerprint density at radius 1 is 1.05 bits per heavy atom. The lowest BCUT2D eigenvalue weighted by atomic mass is 9.97. The Morgan fingerprint density at radius 3 is 2.32 bits per heavy atom. The van der Waals surface area contributed by atoms with E-state index in [9.17, 15) is 0 Å². The highest BCUT2D eigenvalue weighted by atomic mass is 79.9. The number of halogens is 1. The van der Waals surface area contributed by atoms with Crippen molar-refractivity contribution in [2.75, 3.05) is 0 Å². The predicted octanol–water partition coefficient (Wildman–Crippen LogP) is 4.56. The molecule has 19 heavy (non-hydrogen) atoms. The molecule has 2 heteroatoms. The van der Waals surface area contributed by atoms with E-state index in [0.29, 0.717) is 0 Å². The SMILES string of the molecule is CCc1ccc(CC(N)c2cc(C)ccc2Br)cc1. The fraction of sp³-hybridized carbons (Fsp3) is 0.294. The molecule has 0 aliphatic carbocycles. The quantitative estimate of drug-likeness (QED) is 0.878. The van der Waals surface area contributed by atoms with Gasteiger partial charge in [0.1, 0.15) is 0 Å². The maximum Gasteiger partial charge on any atom is 0.0347 e. The van der Waals surface area contributed by atoms with Crippen LogP contribution in [-0.4, -0.2) is 0 Å². The zero-order valence-electron chi connectivity index (χ0n) is 11.5. The summed E-state index contributed by atoms with van der Waals surface area (Å²) in [5.74, 6) is 0. The van der Waals surface area contributed by atoms with Gasteiger partial charge in [-0.05, 0) is 42.5 Å². The van der Waals surface area contributed by atoms with Gasteiger partial charge in [0.15, 0.2) is 0 Å². The Morgan fingerprint density at radius 2 is 1.68 bits per heavy atom. The number of benzene rings is 2. The smallest absolute Gasteiger partial charge is 0.0347 e. The number of aryl methyl sites for hydroxylation is 2. The van der Waals surface area contributed by atoms with Crippen LogP contribution >= 0.6 is 15.9 Å². The molecular formula is C17H20BrN. The van der Waals surface area contributed by atoms with Crippen molar-refractivity contribution in [3.63, 3.8) is 0 Å². The van der Waals surface area contributed by atoms with Crippen LogP contribution in [0.1, 0.15) is 35.2 Å². The lowest BCUT2D eigenvalue weighted by molar-refractivity contribution is 0.717. The molecule has 0 heterocycles. The van der Waals surface area contributed by atoms with Gasteiger partial charge >= 0.3 is 0 Å². The molecule has 2 aromatic carbocycles. The predicted molar refractivity (Wildman–Crippen MR) is 85.3 cm³/mol. The van der Waals surface area contributed by atoms with Gasteiger partial charge in [-0.3, -0.25) is 0 Å². The van der Waals surface area contributed by atoms with E-state index in [0.717, 1.165) is 17.3 Å². The van der Waals surface area contributed by atoms with Crippen molar-refractivity contribution in [1.29, 1.82) is 0 Å². The summed E-state index contributed by atoms with van der Waals surface area (Å²) in [4.78, 5) is 0. The van der Waals surface area contributed by atoms with E-state index < -0.39 is 0 Å². The van der Waals surface area contributed by atoms with Crippen molar-refractivity contribution in [2.24, 2.45) is 5.73 Å². The number of hydrogen-bond donors (Lipinski definition) is 1. The van der Waals surface area contributed by atoms with Crippen LogP contribution in [0.4, 0.5) is 0 Å². The molecule has 0 radical (unpaired) electrons. The Labute approximate surface area is 124 Å². The molecule has 2 rings (SSSR count). The molecule has 0 fully saturated rings. The van der Waals surface area contributed by atoms with E-state index in [1.807, 2.05) is 0 Å². The van der Waals surface area contributed by atoms with Crippen molar-refractivity contribution < 1.29 is 0 Å². The first kappa shape index (κ1) is 14.3. The largest absolute Gasteiger partial charge is 0.324 e. The third-order valence-corrected chi connectivity index (χ3v) is 4.16. The van der Waals surface area contributed by atoms with Gasteiger partial charge in [-0.2, -0.15) is 0 Å². The van der Waals surface area contributed by atoms with E-state index in [-0.39, 0.29) is 6.04 Å². The average Bonchev–Trinajstić information content (AvgIpc) is 2.42. The summed E-state index contributed by atoms with van der Waals surface area (Å²) in [6.07, 6.45) is 1.95. The van der Waals surface area contributed by atoms with E-state index in [2.05, 4.69) is 72.2 Å². The fourth-order valence-corrected chi connectivity index (χ4v) is 2.76. The molecule has 0 aromatic heterocycles. The Balaban J connectivity index is 2.15. The second kappa shape index (κ2) is 6.36. The first-order valence-electron chi connectivity index (χ1n) is 6.69. The van der Waals surface area contributed by atoms with Gasteiger partial charge in [0.2, 0.25) is 0 Å². The monoisotopic (exact) mass is 317 g/mol. The molecule has 0 bridgehead atoms. The van der Waals surface area contributed by atoms with Crippen LogP contribution in [-0.2, 0) is 12.8 Å². The summed E-state index contributed by atoms with van der Waals surface area (Å²) < 4.78 is 1.09. The molecule has 0 aliphatic rings. The Bertz CT molecular complexity index is 546. The maximum absolute atomic E-state index is 6.34. The second-order valence-corrected chi connectivity index (χ2v) is 5.86. The summed E-state index contributed by atoms with van der Waals surface area (Å²) in [6, 6.07) is 15.1. The van der Waals surface area contributed by atoms with Gasteiger partial charge in [0.25, 0.3) is 0 Å². The minimum Gasteiger partial charge on any atom is -0.324 e. The van der Waals surface area contributed by atoms with Crippen molar-refractivity contribution in [1.82, 2.24) is 0 Å². The number of hydrogen-bond acceptors (Lipinski definition) is 1. The summed E-state index contributed by atoms with van der Waals surface area (Å²) in [5, 5.41) is 0. The van der Waals surface area contributed by atoms with Crippen LogP contribution in [0.15, 0.2) is 46.9 Å². The van der Waals surface area contributed by atoms with Crippen molar-refractivity contribution in [2.45, 2.75) is 32.7 Å². The molecular weight excluding hydrogens is 298 g/mol. The van der Waals surface area contributed by atoms with Crippen LogP contribution < -0.4 is 5.73 Å². The van der Waals surface area contributed by atoms with Crippen molar-refractivity contribution in [3.8, 4) is 0 Å². The molecule has 0 aliphatic heterocycles. The summed E-state index contributed by atoms with van der Waals surface area (Å²) >= 11 is 3.59. The zero-order valence-corrected chi connectivity index (χ0v) is 13.1. The molecule has 1 nitrogen and oxygen atoms in total. The van der Waals surface area contributed by atoms with E-state index in [4.69, 9.17) is 5.73 Å². The zero-order chi connectivity index (χ0) is 13.8. The Hall–Kier alpha value is -1.12. The highest BCUT2D eigenvalue weighted by Crippen LogP contribution is 2.25. The standard InChI is InChI=1S/C17H20BrN/c1-3-13-5-7-14(8-6-13)11-17(19)15-10-12(2)4-9-16(15)18/h4-10,17H,3,11,19H2,1-2H3. The number of rotatable bonds is 4. The van der Waals surface area contributed by atoms with Gasteiger partial charge in [-0.15, -0.1) is 0 Å². The van der Waals surface area contributed by atoms with Gasteiger partial charge in [0.05, 0.1) is 0 Å². The summed E-state index contributed by atoms with van der Waals surface area (Å²) in [6.45, 7) is 4.27. The lowest BCUT2D eigenvalue weighted by Gasteiger charge is -2.15. The minimum atomic E-state index is 0.0294. The summed E-state index contributed by atoms with van der Waals surface area (Å²) in [5.41, 5.74) is 11.4.